The second-order valence-corrected chi connectivity index (χ2v) is 7.83. The van der Waals surface area contributed by atoms with Crippen LogP contribution in [0, 0.1) is 0 Å². The SMILES string of the molecule is CN(C1CCN(Cc2ccccc2)CC1)[C@@H]1CCN(C2CC2)C1. The molecule has 0 radical (unpaired) electrons. The van der Waals surface area contributed by atoms with Crippen LogP contribution in [0.15, 0.2) is 30.3 Å². The van der Waals surface area contributed by atoms with Gasteiger partial charge in [-0.25, -0.2) is 0 Å². The van der Waals surface area contributed by atoms with Crippen molar-refractivity contribution in [1.82, 2.24) is 14.7 Å². The van der Waals surface area contributed by atoms with Crippen LogP contribution in [0.1, 0.15) is 37.7 Å². The van der Waals surface area contributed by atoms with Crippen LogP contribution < -0.4 is 0 Å². The molecule has 23 heavy (non-hydrogen) atoms. The van der Waals surface area contributed by atoms with Gasteiger partial charge in [0.2, 0.25) is 0 Å². The Balaban J connectivity index is 1.24. The molecule has 1 saturated carbocycles. The van der Waals surface area contributed by atoms with E-state index in [1.54, 1.807) is 0 Å². The minimum Gasteiger partial charge on any atom is -0.299 e. The molecule has 4 rings (SSSR count). The Hall–Kier alpha value is -0.900. The molecule has 1 atom stereocenters. The van der Waals surface area contributed by atoms with Crippen LogP contribution in [-0.4, -0.2) is 66.1 Å². The van der Waals surface area contributed by atoms with Gasteiger partial charge in [-0.2, -0.15) is 0 Å². The molecule has 0 spiro atoms. The van der Waals surface area contributed by atoms with E-state index in [0.717, 1.165) is 24.7 Å². The van der Waals surface area contributed by atoms with Gasteiger partial charge in [-0.05, 0) is 57.8 Å². The number of likely N-dealkylation sites (tertiary alicyclic amines) is 2. The Bertz CT molecular complexity index is 491. The van der Waals surface area contributed by atoms with Gasteiger partial charge in [0.05, 0.1) is 0 Å². The van der Waals surface area contributed by atoms with Crippen molar-refractivity contribution in [2.45, 2.75) is 56.8 Å². The number of nitrogens with zero attached hydrogens (tertiary/aromatic N) is 3. The van der Waals surface area contributed by atoms with E-state index in [4.69, 9.17) is 0 Å². The van der Waals surface area contributed by atoms with Gasteiger partial charge in [0.1, 0.15) is 0 Å². The summed E-state index contributed by atoms with van der Waals surface area (Å²) in [5.41, 5.74) is 1.45. The fraction of sp³-hybridized carbons (Fsp3) is 0.700. The molecule has 0 amide bonds. The molecule has 1 aromatic carbocycles. The highest BCUT2D eigenvalue weighted by Crippen LogP contribution is 2.32. The minimum absolute atomic E-state index is 0.797. The molecule has 0 bridgehead atoms. The Labute approximate surface area is 141 Å². The standard InChI is InChI=1S/C20H31N3/c1-21(20-11-14-23(16-20)19-7-8-19)18-9-12-22(13-10-18)15-17-5-3-2-4-6-17/h2-6,18-20H,7-16H2,1H3/t20-/m1/s1. The monoisotopic (exact) mass is 313 g/mol. The van der Waals surface area contributed by atoms with Gasteiger partial charge in [-0.15, -0.1) is 0 Å². The second kappa shape index (κ2) is 6.92. The second-order valence-electron chi connectivity index (χ2n) is 7.83. The molecule has 0 aromatic heterocycles. The number of piperidine rings is 1. The van der Waals surface area contributed by atoms with Crippen molar-refractivity contribution in [3.63, 3.8) is 0 Å². The molecular formula is C20H31N3. The summed E-state index contributed by atoms with van der Waals surface area (Å²) in [4.78, 5) is 8.10. The van der Waals surface area contributed by atoms with Gasteiger partial charge in [0.15, 0.2) is 0 Å². The number of hydrogen-bond acceptors (Lipinski definition) is 3. The zero-order valence-electron chi connectivity index (χ0n) is 14.5. The lowest BCUT2D eigenvalue weighted by Gasteiger charge is -2.39. The average molecular weight is 313 g/mol. The van der Waals surface area contributed by atoms with E-state index < -0.39 is 0 Å². The summed E-state index contributed by atoms with van der Waals surface area (Å²) < 4.78 is 0. The molecule has 0 unspecified atom stereocenters. The molecule has 3 nitrogen and oxygen atoms in total. The van der Waals surface area contributed by atoms with Crippen LogP contribution in [-0.2, 0) is 6.54 Å². The highest BCUT2D eigenvalue weighted by Gasteiger charge is 2.37. The summed E-state index contributed by atoms with van der Waals surface area (Å²) in [5, 5.41) is 0. The highest BCUT2D eigenvalue weighted by molar-refractivity contribution is 5.14. The third-order valence-electron chi connectivity index (χ3n) is 6.22. The Morgan fingerprint density at radius 3 is 2.30 bits per heavy atom. The van der Waals surface area contributed by atoms with Crippen LogP contribution in [0.2, 0.25) is 0 Å². The molecule has 3 heteroatoms. The summed E-state index contributed by atoms with van der Waals surface area (Å²) in [6.07, 6.45) is 6.96. The van der Waals surface area contributed by atoms with Crippen molar-refractivity contribution in [3.05, 3.63) is 35.9 Å². The molecule has 2 saturated heterocycles. The molecule has 3 fully saturated rings. The Morgan fingerprint density at radius 2 is 1.61 bits per heavy atom. The molecule has 0 N–H and O–H groups in total. The molecule has 3 aliphatic rings. The molecule has 2 aliphatic heterocycles. The summed E-state index contributed by atoms with van der Waals surface area (Å²) >= 11 is 0. The smallest absolute Gasteiger partial charge is 0.0235 e. The number of hydrogen-bond donors (Lipinski definition) is 0. The van der Waals surface area contributed by atoms with E-state index in [0.29, 0.717) is 0 Å². The Morgan fingerprint density at radius 1 is 0.913 bits per heavy atom. The molecule has 2 heterocycles. The highest BCUT2D eigenvalue weighted by atomic mass is 15.3. The number of benzene rings is 1. The lowest BCUT2D eigenvalue weighted by atomic mass is 10.0. The minimum atomic E-state index is 0.797. The Kier molecular flexibility index (Phi) is 4.70. The lowest BCUT2D eigenvalue weighted by Crippen LogP contribution is -2.47. The van der Waals surface area contributed by atoms with Crippen molar-refractivity contribution in [3.8, 4) is 0 Å². The van der Waals surface area contributed by atoms with Crippen LogP contribution in [0.25, 0.3) is 0 Å². The maximum Gasteiger partial charge on any atom is 0.0235 e. The van der Waals surface area contributed by atoms with Crippen LogP contribution >= 0.6 is 0 Å². The van der Waals surface area contributed by atoms with Crippen molar-refractivity contribution in [2.24, 2.45) is 0 Å². The zero-order valence-corrected chi connectivity index (χ0v) is 14.5. The van der Waals surface area contributed by atoms with Gasteiger partial charge >= 0.3 is 0 Å². The van der Waals surface area contributed by atoms with E-state index in [1.807, 2.05) is 0 Å². The van der Waals surface area contributed by atoms with Crippen molar-refractivity contribution in [1.29, 1.82) is 0 Å². The largest absolute Gasteiger partial charge is 0.299 e. The van der Waals surface area contributed by atoms with Crippen molar-refractivity contribution in [2.75, 3.05) is 33.2 Å². The normalized spacial score (nSPS) is 27.8. The predicted octanol–water partition coefficient (Wildman–Crippen LogP) is 2.82. The van der Waals surface area contributed by atoms with Gasteiger partial charge in [0.25, 0.3) is 0 Å². The molecular weight excluding hydrogens is 282 g/mol. The van der Waals surface area contributed by atoms with Crippen LogP contribution in [0.3, 0.4) is 0 Å². The van der Waals surface area contributed by atoms with E-state index in [-0.39, 0.29) is 0 Å². The first-order valence-electron chi connectivity index (χ1n) is 9.52. The zero-order chi connectivity index (χ0) is 15.6. The van der Waals surface area contributed by atoms with E-state index >= 15 is 0 Å². The number of rotatable bonds is 5. The predicted molar refractivity (Wildman–Crippen MR) is 95.5 cm³/mol. The van der Waals surface area contributed by atoms with E-state index in [1.165, 1.54) is 63.8 Å². The lowest BCUT2D eigenvalue weighted by molar-refractivity contribution is 0.0940. The molecule has 126 valence electrons. The van der Waals surface area contributed by atoms with E-state index in [2.05, 4.69) is 52.1 Å². The maximum absolute atomic E-state index is 2.74. The quantitative estimate of drug-likeness (QED) is 0.827. The van der Waals surface area contributed by atoms with Crippen molar-refractivity contribution < 1.29 is 0 Å². The first kappa shape index (κ1) is 15.6. The van der Waals surface area contributed by atoms with Crippen LogP contribution in [0.4, 0.5) is 0 Å². The van der Waals surface area contributed by atoms with Gasteiger partial charge in [-0.1, -0.05) is 30.3 Å². The summed E-state index contributed by atoms with van der Waals surface area (Å²) in [7, 11) is 2.39. The summed E-state index contributed by atoms with van der Waals surface area (Å²) in [5.74, 6) is 0. The van der Waals surface area contributed by atoms with Gasteiger partial charge in [0, 0.05) is 37.8 Å². The fourth-order valence-corrected chi connectivity index (χ4v) is 4.50. The average Bonchev–Trinajstić information content (AvgIpc) is 3.33. The van der Waals surface area contributed by atoms with Gasteiger partial charge in [-0.3, -0.25) is 14.7 Å². The third kappa shape index (κ3) is 3.78. The van der Waals surface area contributed by atoms with Gasteiger partial charge < -0.3 is 0 Å². The van der Waals surface area contributed by atoms with E-state index in [9.17, 15) is 0 Å². The first-order chi connectivity index (χ1) is 11.3. The topological polar surface area (TPSA) is 9.72 Å². The maximum atomic E-state index is 2.74. The molecule has 1 aliphatic carbocycles. The summed E-state index contributed by atoms with van der Waals surface area (Å²) in [6.45, 7) is 6.29. The number of likely N-dealkylation sites (N-methyl/N-ethyl adjacent to an activating group) is 1. The van der Waals surface area contributed by atoms with Crippen molar-refractivity contribution >= 4 is 0 Å². The fourth-order valence-electron chi connectivity index (χ4n) is 4.50. The first-order valence-corrected chi connectivity index (χ1v) is 9.52. The summed E-state index contributed by atoms with van der Waals surface area (Å²) in [6, 6.07) is 13.5. The van der Waals surface area contributed by atoms with Crippen LogP contribution in [0.5, 0.6) is 0 Å². The third-order valence-corrected chi connectivity index (χ3v) is 6.22. The molecule has 1 aromatic rings.